The SMILES string of the molecule is O=C(OCc1ccc(OC2OC(CO)C(O)C(O)C2O)c(O)c1)c1ccc(OC2OC(CO)C(O)C(O)C2O)c(O)c1. The summed E-state index contributed by atoms with van der Waals surface area (Å²) in [5.41, 5.74) is 0.217. The van der Waals surface area contributed by atoms with Gasteiger partial charge in [0.05, 0.1) is 18.8 Å². The molecule has 16 nitrogen and oxygen atoms in total. The van der Waals surface area contributed by atoms with Gasteiger partial charge in [-0.05, 0) is 35.9 Å². The van der Waals surface area contributed by atoms with Gasteiger partial charge in [0.1, 0.15) is 55.4 Å². The Morgan fingerprint density at radius 1 is 0.667 bits per heavy atom. The zero-order valence-electron chi connectivity index (χ0n) is 21.8. The maximum Gasteiger partial charge on any atom is 0.338 e. The van der Waals surface area contributed by atoms with Crippen LogP contribution >= 0.6 is 0 Å². The van der Waals surface area contributed by atoms with Crippen LogP contribution in [0.4, 0.5) is 0 Å². The van der Waals surface area contributed by atoms with E-state index in [4.69, 9.17) is 23.7 Å². The smallest absolute Gasteiger partial charge is 0.338 e. The van der Waals surface area contributed by atoms with Crippen LogP contribution in [0, 0.1) is 0 Å². The Morgan fingerprint density at radius 3 is 1.60 bits per heavy atom. The van der Waals surface area contributed by atoms with Crippen LogP contribution < -0.4 is 9.47 Å². The Bertz CT molecular complexity index is 1220. The van der Waals surface area contributed by atoms with Crippen molar-refractivity contribution in [3.63, 3.8) is 0 Å². The molecule has 2 aliphatic rings. The third kappa shape index (κ3) is 6.68. The molecule has 10 unspecified atom stereocenters. The van der Waals surface area contributed by atoms with Gasteiger partial charge in [-0.25, -0.2) is 4.79 Å². The van der Waals surface area contributed by atoms with Gasteiger partial charge in [-0.15, -0.1) is 0 Å². The number of aromatic hydroxyl groups is 2. The minimum Gasteiger partial charge on any atom is -0.504 e. The van der Waals surface area contributed by atoms with Crippen LogP contribution in [0.15, 0.2) is 36.4 Å². The van der Waals surface area contributed by atoms with Crippen LogP contribution in [-0.2, 0) is 20.8 Å². The highest BCUT2D eigenvalue weighted by Gasteiger charge is 2.46. The molecular weight excluding hydrogens is 568 g/mol. The standard InChI is InChI=1S/C26H32O16/c27-7-16-18(31)20(33)22(35)25(41-16)39-14-3-1-10(5-12(14)29)9-38-24(37)11-2-4-15(13(30)6-11)40-26-23(36)21(34)19(32)17(8-28)42-26/h1-6,16-23,25-36H,7-9H2. The van der Waals surface area contributed by atoms with Gasteiger partial charge in [0, 0.05) is 0 Å². The van der Waals surface area contributed by atoms with Crippen molar-refractivity contribution < 1.29 is 79.5 Å². The summed E-state index contributed by atoms with van der Waals surface area (Å²) < 4.78 is 26.4. The summed E-state index contributed by atoms with van der Waals surface area (Å²) in [5.74, 6) is -2.27. The van der Waals surface area contributed by atoms with Crippen LogP contribution in [0.25, 0.3) is 0 Å². The van der Waals surface area contributed by atoms with Crippen LogP contribution in [0.1, 0.15) is 15.9 Å². The van der Waals surface area contributed by atoms with E-state index in [1.807, 2.05) is 0 Å². The first-order chi connectivity index (χ1) is 19.9. The third-order valence-electron chi connectivity index (χ3n) is 6.77. The highest BCUT2D eigenvalue weighted by atomic mass is 16.7. The molecule has 2 aliphatic heterocycles. The first-order valence-electron chi connectivity index (χ1n) is 12.7. The molecule has 0 aromatic heterocycles. The summed E-state index contributed by atoms with van der Waals surface area (Å²) in [6.07, 6.45) is -15.4. The van der Waals surface area contributed by atoms with Gasteiger partial charge in [0.25, 0.3) is 0 Å². The van der Waals surface area contributed by atoms with Gasteiger partial charge < -0.3 is 74.7 Å². The van der Waals surface area contributed by atoms with Gasteiger partial charge in [0.2, 0.25) is 12.6 Å². The molecule has 10 atom stereocenters. The number of phenols is 2. The fourth-order valence-electron chi connectivity index (χ4n) is 4.31. The Hall–Kier alpha value is -3.29. The molecule has 10 N–H and O–H groups in total. The third-order valence-corrected chi connectivity index (χ3v) is 6.77. The predicted octanol–water partition coefficient (Wildman–Crippen LogP) is -3.19. The minimum atomic E-state index is -1.71. The summed E-state index contributed by atoms with van der Waals surface area (Å²) in [4.78, 5) is 12.5. The number of rotatable bonds is 9. The maximum atomic E-state index is 12.5. The fourth-order valence-corrected chi connectivity index (χ4v) is 4.31. The number of benzene rings is 2. The highest BCUT2D eigenvalue weighted by molar-refractivity contribution is 5.90. The van der Waals surface area contributed by atoms with Crippen molar-refractivity contribution in [3.05, 3.63) is 47.5 Å². The molecule has 4 rings (SSSR count). The molecule has 232 valence electrons. The molecule has 2 aromatic rings. The topological polar surface area (TPSA) is 266 Å². The zero-order valence-corrected chi connectivity index (χ0v) is 21.8. The van der Waals surface area contributed by atoms with Crippen molar-refractivity contribution in [2.24, 2.45) is 0 Å². The monoisotopic (exact) mass is 600 g/mol. The molecule has 0 spiro atoms. The summed E-state index contributed by atoms with van der Waals surface area (Å²) in [6.45, 7) is -1.66. The van der Waals surface area contributed by atoms with E-state index in [1.54, 1.807) is 0 Å². The molecule has 2 fully saturated rings. The van der Waals surface area contributed by atoms with E-state index >= 15 is 0 Å². The average molecular weight is 601 g/mol. The van der Waals surface area contributed by atoms with Crippen molar-refractivity contribution in [2.45, 2.75) is 68.0 Å². The molecule has 16 heteroatoms. The number of ether oxygens (including phenoxy) is 5. The van der Waals surface area contributed by atoms with E-state index in [-0.39, 0.29) is 23.7 Å². The molecule has 0 saturated carbocycles. The van der Waals surface area contributed by atoms with Gasteiger partial charge in [-0.3, -0.25) is 0 Å². The minimum absolute atomic E-state index is 0.0968. The average Bonchev–Trinajstić information content (AvgIpc) is 2.98. The first-order valence-corrected chi connectivity index (χ1v) is 12.7. The Balaban J connectivity index is 1.34. The summed E-state index contributed by atoms with van der Waals surface area (Å²) >= 11 is 0. The molecule has 2 heterocycles. The second-order valence-electron chi connectivity index (χ2n) is 9.69. The van der Waals surface area contributed by atoms with Crippen molar-refractivity contribution in [1.29, 1.82) is 0 Å². The lowest BCUT2D eigenvalue weighted by Crippen LogP contribution is -2.60. The highest BCUT2D eigenvalue weighted by Crippen LogP contribution is 2.33. The van der Waals surface area contributed by atoms with Gasteiger partial charge in [-0.1, -0.05) is 6.07 Å². The second kappa shape index (κ2) is 13.3. The lowest BCUT2D eigenvalue weighted by Gasteiger charge is -2.39. The molecule has 2 aromatic carbocycles. The van der Waals surface area contributed by atoms with Crippen LogP contribution in [0.5, 0.6) is 23.0 Å². The van der Waals surface area contributed by atoms with Gasteiger partial charge >= 0.3 is 5.97 Å². The van der Waals surface area contributed by atoms with E-state index in [1.165, 1.54) is 30.3 Å². The number of aliphatic hydroxyl groups excluding tert-OH is 8. The van der Waals surface area contributed by atoms with Gasteiger partial charge in [-0.2, -0.15) is 0 Å². The van der Waals surface area contributed by atoms with Crippen molar-refractivity contribution >= 4 is 5.97 Å². The summed E-state index contributed by atoms with van der Waals surface area (Å²) in [6, 6.07) is 7.30. The van der Waals surface area contributed by atoms with E-state index in [0.717, 1.165) is 6.07 Å². The van der Waals surface area contributed by atoms with Crippen LogP contribution in [0.2, 0.25) is 0 Å². The quantitative estimate of drug-likeness (QED) is 0.127. The van der Waals surface area contributed by atoms with Crippen molar-refractivity contribution in [2.75, 3.05) is 13.2 Å². The molecule has 0 radical (unpaired) electrons. The summed E-state index contributed by atoms with van der Waals surface area (Å²) in [7, 11) is 0. The fraction of sp³-hybridized carbons (Fsp3) is 0.500. The van der Waals surface area contributed by atoms with Gasteiger partial charge in [0.15, 0.2) is 23.0 Å². The zero-order chi connectivity index (χ0) is 30.7. The van der Waals surface area contributed by atoms with E-state index < -0.39 is 92.1 Å². The molecule has 0 amide bonds. The second-order valence-corrected chi connectivity index (χ2v) is 9.69. The number of carbonyl (C=O) groups is 1. The Morgan fingerprint density at radius 2 is 1.14 bits per heavy atom. The molecular formula is C26H32O16. The number of hydrogen-bond acceptors (Lipinski definition) is 16. The summed E-state index contributed by atoms with van der Waals surface area (Å²) in [5, 5.41) is 98.9. The van der Waals surface area contributed by atoms with E-state index in [9.17, 15) is 55.9 Å². The molecule has 42 heavy (non-hydrogen) atoms. The van der Waals surface area contributed by atoms with Crippen molar-refractivity contribution in [3.8, 4) is 23.0 Å². The van der Waals surface area contributed by atoms with Crippen molar-refractivity contribution in [1.82, 2.24) is 0 Å². The number of carbonyl (C=O) groups excluding carboxylic acids is 1. The van der Waals surface area contributed by atoms with Crippen LogP contribution in [-0.4, -0.2) is 132 Å². The Labute approximate surface area is 237 Å². The lowest BCUT2D eigenvalue weighted by molar-refractivity contribution is -0.277. The normalized spacial score (nSPS) is 33.1. The maximum absolute atomic E-state index is 12.5. The number of phenolic OH excluding ortho intramolecular Hbond substituents is 2. The molecule has 0 aliphatic carbocycles. The number of hydrogen-bond donors (Lipinski definition) is 10. The number of esters is 1. The molecule has 2 saturated heterocycles. The number of aliphatic hydroxyl groups is 8. The van der Waals surface area contributed by atoms with E-state index in [2.05, 4.69) is 0 Å². The Kier molecular flexibility index (Phi) is 10.1. The van der Waals surface area contributed by atoms with Crippen LogP contribution in [0.3, 0.4) is 0 Å². The van der Waals surface area contributed by atoms with E-state index in [0.29, 0.717) is 5.56 Å². The molecule has 0 bridgehead atoms. The predicted molar refractivity (Wildman–Crippen MR) is 134 cm³/mol. The lowest BCUT2D eigenvalue weighted by atomic mass is 9.99. The largest absolute Gasteiger partial charge is 0.504 e. The first kappa shape index (κ1) is 31.6.